The maximum absolute atomic E-state index is 13.8. The Morgan fingerprint density at radius 2 is 1.83 bits per heavy atom. The summed E-state index contributed by atoms with van der Waals surface area (Å²) in [5.41, 5.74) is 3.31. The summed E-state index contributed by atoms with van der Waals surface area (Å²) in [4.78, 5) is 14.5. The normalized spacial score (nSPS) is 18.1. The van der Waals surface area contributed by atoms with Gasteiger partial charge >= 0.3 is 5.97 Å². The molecular formula is C28H39ClFNO4. The van der Waals surface area contributed by atoms with E-state index in [-0.39, 0.29) is 30.1 Å². The summed E-state index contributed by atoms with van der Waals surface area (Å²) in [5, 5.41) is 10.1. The molecule has 0 fully saturated rings. The minimum Gasteiger partial charge on any atom is -0.493 e. The largest absolute Gasteiger partial charge is 0.493 e. The minimum atomic E-state index is -0.727. The maximum Gasteiger partial charge on any atom is 0.306 e. The monoisotopic (exact) mass is 507 g/mol. The fourth-order valence-corrected chi connectivity index (χ4v) is 5.50. The van der Waals surface area contributed by atoms with Gasteiger partial charge in [0.1, 0.15) is 5.82 Å². The Bertz CT molecular complexity index is 983. The molecule has 2 aromatic rings. The van der Waals surface area contributed by atoms with Crippen LogP contribution in [0, 0.1) is 23.6 Å². The van der Waals surface area contributed by atoms with Crippen LogP contribution < -0.4 is 9.47 Å². The van der Waals surface area contributed by atoms with Crippen LogP contribution in [-0.2, 0) is 17.6 Å². The van der Waals surface area contributed by atoms with Gasteiger partial charge in [-0.1, -0.05) is 26.0 Å². The van der Waals surface area contributed by atoms with Gasteiger partial charge in [0.25, 0.3) is 0 Å². The van der Waals surface area contributed by atoms with Crippen molar-refractivity contribution in [2.45, 2.75) is 45.4 Å². The highest BCUT2D eigenvalue weighted by Gasteiger charge is 2.39. The standard InChI is InChI=1S/C28H38FNO4.ClH/c1-18(2)27-22-10-8-21(29)17-20(22)7-9-23(27)24(28(31)32)13-15-30(3)14-12-19-6-11-25(33-4)26(16-19)34-5;/h6,8,10-11,16-18,23-24,27H,7,9,12-15H2,1-5H3,(H,31,32);1H/t23-,24?,27-;/m0./s1. The number of ether oxygens (including phenoxy) is 2. The van der Waals surface area contributed by atoms with Crippen LogP contribution in [0.2, 0.25) is 0 Å². The van der Waals surface area contributed by atoms with Crippen LogP contribution in [0.1, 0.15) is 49.3 Å². The van der Waals surface area contributed by atoms with Gasteiger partial charge in [-0.25, -0.2) is 4.39 Å². The lowest BCUT2D eigenvalue weighted by Gasteiger charge is -2.39. The molecule has 0 bridgehead atoms. The second-order valence-corrected chi connectivity index (χ2v) is 9.79. The molecule has 2 aromatic carbocycles. The van der Waals surface area contributed by atoms with Crippen LogP contribution in [-0.4, -0.2) is 50.3 Å². The Labute approximate surface area is 215 Å². The fraction of sp³-hybridized carbons (Fsp3) is 0.536. The third-order valence-corrected chi connectivity index (χ3v) is 7.28. The lowest BCUT2D eigenvalue weighted by Crippen LogP contribution is -2.36. The first-order valence-corrected chi connectivity index (χ1v) is 12.2. The number of carbonyl (C=O) groups is 1. The zero-order valence-corrected chi connectivity index (χ0v) is 22.2. The second kappa shape index (κ2) is 13.1. The Hall–Kier alpha value is -2.31. The molecule has 0 amide bonds. The Morgan fingerprint density at radius 1 is 1.11 bits per heavy atom. The van der Waals surface area contributed by atoms with E-state index in [1.165, 1.54) is 6.07 Å². The molecule has 0 aliphatic heterocycles. The summed E-state index contributed by atoms with van der Waals surface area (Å²) in [6, 6.07) is 10.9. The van der Waals surface area contributed by atoms with Crippen molar-refractivity contribution in [2.75, 3.05) is 34.4 Å². The van der Waals surface area contributed by atoms with Crippen molar-refractivity contribution in [1.82, 2.24) is 4.90 Å². The Morgan fingerprint density at radius 3 is 2.46 bits per heavy atom. The van der Waals surface area contributed by atoms with E-state index < -0.39 is 11.9 Å². The number of aliphatic carboxylic acids is 1. The number of hydrogen-bond donors (Lipinski definition) is 1. The molecule has 1 aliphatic carbocycles. The van der Waals surface area contributed by atoms with Crippen molar-refractivity contribution < 1.29 is 23.8 Å². The average molecular weight is 508 g/mol. The lowest BCUT2D eigenvalue weighted by molar-refractivity contribution is -0.145. The molecule has 0 spiro atoms. The molecule has 0 aromatic heterocycles. The molecule has 0 radical (unpaired) electrons. The minimum absolute atomic E-state index is 0. The van der Waals surface area contributed by atoms with Crippen LogP contribution in [0.5, 0.6) is 11.5 Å². The van der Waals surface area contributed by atoms with E-state index in [9.17, 15) is 14.3 Å². The molecule has 0 heterocycles. The van der Waals surface area contributed by atoms with Gasteiger partial charge in [0.15, 0.2) is 11.5 Å². The first-order chi connectivity index (χ1) is 16.2. The van der Waals surface area contributed by atoms with Gasteiger partial charge in [0.05, 0.1) is 20.1 Å². The van der Waals surface area contributed by atoms with E-state index >= 15 is 0 Å². The number of benzene rings is 2. The quantitative estimate of drug-likeness (QED) is 0.414. The first kappa shape index (κ1) is 28.9. The van der Waals surface area contributed by atoms with E-state index in [0.717, 1.165) is 42.5 Å². The smallest absolute Gasteiger partial charge is 0.306 e. The van der Waals surface area contributed by atoms with Crippen LogP contribution in [0.15, 0.2) is 36.4 Å². The number of carboxylic acids is 1. The van der Waals surface area contributed by atoms with Gasteiger partial charge in [-0.05, 0) is 98.0 Å². The van der Waals surface area contributed by atoms with E-state index in [1.54, 1.807) is 20.3 Å². The number of carboxylic acid groups (broad SMARTS) is 1. The number of halogens is 2. The van der Waals surface area contributed by atoms with Gasteiger partial charge in [-0.2, -0.15) is 0 Å². The number of nitrogens with zero attached hydrogens (tertiary/aromatic N) is 1. The third kappa shape index (κ3) is 7.11. The lowest BCUT2D eigenvalue weighted by atomic mass is 9.65. The fourth-order valence-electron chi connectivity index (χ4n) is 5.50. The topological polar surface area (TPSA) is 59.0 Å². The molecule has 7 heteroatoms. The molecule has 3 atom stereocenters. The number of rotatable bonds is 11. The number of likely N-dealkylation sites (N-methyl/N-ethyl adjacent to an activating group) is 1. The molecule has 1 N–H and O–H groups in total. The Kier molecular flexibility index (Phi) is 10.8. The first-order valence-electron chi connectivity index (χ1n) is 12.2. The molecule has 3 rings (SSSR count). The molecule has 1 unspecified atom stereocenters. The summed E-state index contributed by atoms with van der Waals surface area (Å²) in [6.07, 6.45) is 2.96. The average Bonchev–Trinajstić information content (AvgIpc) is 2.81. The van der Waals surface area contributed by atoms with Crippen molar-refractivity contribution in [3.05, 3.63) is 58.9 Å². The van der Waals surface area contributed by atoms with Crippen molar-refractivity contribution in [3.63, 3.8) is 0 Å². The highest BCUT2D eigenvalue weighted by Crippen LogP contribution is 2.45. The summed E-state index contributed by atoms with van der Waals surface area (Å²) in [7, 11) is 5.29. The molecule has 194 valence electrons. The Balaban J connectivity index is 0.00000432. The van der Waals surface area contributed by atoms with E-state index in [2.05, 4.69) is 18.7 Å². The summed E-state index contributed by atoms with van der Waals surface area (Å²) in [6.45, 7) is 5.82. The SMILES string of the molecule is COc1ccc(CCN(C)CCC(C(=O)O)[C@@H]2CCc3cc(F)ccc3[C@@H]2C(C)C)cc1OC.Cl. The van der Waals surface area contributed by atoms with Crippen LogP contribution in [0.3, 0.4) is 0 Å². The molecule has 35 heavy (non-hydrogen) atoms. The van der Waals surface area contributed by atoms with Crippen molar-refractivity contribution in [2.24, 2.45) is 17.8 Å². The van der Waals surface area contributed by atoms with Gasteiger partial charge < -0.3 is 19.5 Å². The predicted octanol–water partition coefficient (Wildman–Crippen LogP) is 5.83. The number of hydrogen-bond acceptors (Lipinski definition) is 4. The molecule has 1 aliphatic rings. The zero-order valence-electron chi connectivity index (χ0n) is 21.4. The van der Waals surface area contributed by atoms with Crippen molar-refractivity contribution in [1.29, 1.82) is 0 Å². The van der Waals surface area contributed by atoms with Crippen molar-refractivity contribution >= 4 is 18.4 Å². The van der Waals surface area contributed by atoms with Gasteiger partial charge in [-0.3, -0.25) is 4.79 Å². The third-order valence-electron chi connectivity index (χ3n) is 7.28. The number of fused-ring (bicyclic) bond motifs is 1. The highest BCUT2D eigenvalue weighted by molar-refractivity contribution is 5.85. The highest BCUT2D eigenvalue weighted by atomic mass is 35.5. The van der Waals surface area contributed by atoms with Gasteiger partial charge in [0.2, 0.25) is 0 Å². The second-order valence-electron chi connectivity index (χ2n) is 9.79. The van der Waals surface area contributed by atoms with E-state index in [0.29, 0.717) is 30.4 Å². The zero-order chi connectivity index (χ0) is 24.8. The van der Waals surface area contributed by atoms with E-state index in [4.69, 9.17) is 9.47 Å². The number of aryl methyl sites for hydroxylation is 1. The molecule has 0 saturated heterocycles. The predicted molar refractivity (Wildman–Crippen MR) is 140 cm³/mol. The maximum atomic E-state index is 13.8. The summed E-state index contributed by atoms with van der Waals surface area (Å²) >= 11 is 0. The van der Waals surface area contributed by atoms with Crippen LogP contribution in [0.25, 0.3) is 0 Å². The summed E-state index contributed by atoms with van der Waals surface area (Å²) < 4.78 is 24.5. The molecule has 0 saturated carbocycles. The van der Waals surface area contributed by atoms with Gasteiger partial charge in [0, 0.05) is 6.54 Å². The number of methoxy groups -OCH3 is 2. The van der Waals surface area contributed by atoms with Crippen LogP contribution >= 0.6 is 12.4 Å². The molecule has 5 nitrogen and oxygen atoms in total. The van der Waals surface area contributed by atoms with Crippen molar-refractivity contribution in [3.8, 4) is 11.5 Å². The summed E-state index contributed by atoms with van der Waals surface area (Å²) in [5.74, 6) is 0.525. The molecular weight excluding hydrogens is 469 g/mol. The van der Waals surface area contributed by atoms with E-state index in [1.807, 2.05) is 31.3 Å². The van der Waals surface area contributed by atoms with Gasteiger partial charge in [-0.15, -0.1) is 12.4 Å². The van der Waals surface area contributed by atoms with Crippen LogP contribution in [0.4, 0.5) is 4.39 Å².